The summed E-state index contributed by atoms with van der Waals surface area (Å²) in [4.78, 5) is 24.9. The molecule has 0 aliphatic heterocycles. The second kappa shape index (κ2) is 8.73. The molecule has 0 spiro atoms. The van der Waals surface area contributed by atoms with Crippen molar-refractivity contribution >= 4 is 17.6 Å². The van der Waals surface area contributed by atoms with Gasteiger partial charge in [0.25, 0.3) is 5.91 Å². The van der Waals surface area contributed by atoms with E-state index in [0.717, 1.165) is 11.4 Å². The molecule has 1 amide bonds. The maximum Gasteiger partial charge on any atom is 0.340 e. The summed E-state index contributed by atoms with van der Waals surface area (Å²) in [6.45, 7) is 4.26. The van der Waals surface area contributed by atoms with E-state index in [1.165, 1.54) is 33.5 Å². The van der Waals surface area contributed by atoms with E-state index in [-0.39, 0.29) is 17.0 Å². The average molecular weight is 413 g/mol. The minimum atomic E-state index is -0.629. The fourth-order valence-corrected chi connectivity index (χ4v) is 3.01. The molecule has 0 radical (unpaired) electrons. The lowest BCUT2D eigenvalue weighted by molar-refractivity contribution is 0.0601. The van der Waals surface area contributed by atoms with Gasteiger partial charge in [0, 0.05) is 17.8 Å². The first-order valence-electron chi connectivity index (χ1n) is 9.11. The van der Waals surface area contributed by atoms with E-state index < -0.39 is 11.9 Å². The number of nitrogens with one attached hydrogen (secondary N) is 1. The second-order valence-electron chi connectivity index (χ2n) is 6.55. The Morgan fingerprint density at radius 3 is 2.37 bits per heavy atom. The molecule has 2 heterocycles. The molecule has 0 aliphatic rings. The number of hydrogen-bond acceptors (Lipinski definition) is 7. The van der Waals surface area contributed by atoms with E-state index in [0.29, 0.717) is 23.8 Å². The molecule has 9 heteroatoms. The topological polar surface area (TPSA) is 105 Å². The van der Waals surface area contributed by atoms with E-state index in [2.05, 4.69) is 10.4 Å². The summed E-state index contributed by atoms with van der Waals surface area (Å²) in [6.07, 6.45) is 0. The molecule has 3 rings (SSSR count). The number of ether oxygens (including phenoxy) is 3. The van der Waals surface area contributed by atoms with Crippen LogP contribution >= 0.6 is 0 Å². The Labute approximate surface area is 173 Å². The van der Waals surface area contributed by atoms with Gasteiger partial charge in [-0.15, -0.1) is 0 Å². The number of furan rings is 1. The fourth-order valence-electron chi connectivity index (χ4n) is 3.01. The van der Waals surface area contributed by atoms with E-state index in [1.807, 2.05) is 19.9 Å². The highest BCUT2D eigenvalue weighted by Crippen LogP contribution is 2.34. The quantitative estimate of drug-likeness (QED) is 0.593. The van der Waals surface area contributed by atoms with Gasteiger partial charge in [0.05, 0.1) is 44.8 Å². The monoisotopic (exact) mass is 413 g/mol. The molecule has 30 heavy (non-hydrogen) atoms. The van der Waals surface area contributed by atoms with Gasteiger partial charge in [0.15, 0.2) is 17.3 Å². The van der Waals surface area contributed by atoms with Crippen molar-refractivity contribution < 1.29 is 28.2 Å². The van der Waals surface area contributed by atoms with Crippen molar-refractivity contribution in [2.75, 3.05) is 26.6 Å². The largest absolute Gasteiger partial charge is 0.493 e. The summed E-state index contributed by atoms with van der Waals surface area (Å²) in [5.74, 6) is 0.207. The van der Waals surface area contributed by atoms with Crippen molar-refractivity contribution in [2.24, 2.45) is 0 Å². The standard InChI is InChI=1S/C21H23N3O6/c1-12-8-13(2)24(23-12)11-14-6-7-17(30-14)20(25)22-16-10-19(28-4)18(27-3)9-15(16)21(26)29-5/h6-10H,11H2,1-5H3,(H,22,25). The maximum absolute atomic E-state index is 12.7. The second-order valence-corrected chi connectivity index (χ2v) is 6.55. The highest BCUT2D eigenvalue weighted by Gasteiger charge is 2.21. The number of nitrogens with zero attached hydrogens (tertiary/aromatic N) is 2. The van der Waals surface area contributed by atoms with Gasteiger partial charge < -0.3 is 23.9 Å². The number of rotatable bonds is 7. The molecule has 0 saturated heterocycles. The van der Waals surface area contributed by atoms with Crippen molar-refractivity contribution in [2.45, 2.75) is 20.4 Å². The van der Waals surface area contributed by atoms with Crippen molar-refractivity contribution in [3.63, 3.8) is 0 Å². The lowest BCUT2D eigenvalue weighted by Gasteiger charge is -2.14. The van der Waals surface area contributed by atoms with Crippen molar-refractivity contribution in [1.82, 2.24) is 9.78 Å². The molecule has 0 bridgehead atoms. The van der Waals surface area contributed by atoms with E-state index in [1.54, 1.807) is 16.8 Å². The minimum Gasteiger partial charge on any atom is -0.493 e. The number of carbonyl (C=O) groups excluding carboxylic acids is 2. The zero-order valence-corrected chi connectivity index (χ0v) is 17.4. The lowest BCUT2D eigenvalue weighted by atomic mass is 10.1. The Hall–Kier alpha value is -3.75. The number of benzene rings is 1. The summed E-state index contributed by atoms with van der Waals surface area (Å²) >= 11 is 0. The predicted octanol–water partition coefficient (Wildman–Crippen LogP) is 3.20. The summed E-state index contributed by atoms with van der Waals surface area (Å²) in [6, 6.07) is 8.16. The highest BCUT2D eigenvalue weighted by atomic mass is 16.5. The molecule has 2 aromatic heterocycles. The van der Waals surface area contributed by atoms with Gasteiger partial charge in [-0.1, -0.05) is 0 Å². The normalized spacial score (nSPS) is 10.6. The Balaban J connectivity index is 1.84. The van der Waals surface area contributed by atoms with Crippen molar-refractivity contribution in [1.29, 1.82) is 0 Å². The van der Waals surface area contributed by atoms with Crippen molar-refractivity contribution in [3.8, 4) is 11.5 Å². The van der Waals surface area contributed by atoms with Gasteiger partial charge in [-0.2, -0.15) is 5.10 Å². The first-order valence-corrected chi connectivity index (χ1v) is 9.11. The summed E-state index contributed by atoms with van der Waals surface area (Å²) in [5, 5.41) is 7.05. The number of anilines is 1. The van der Waals surface area contributed by atoms with Crippen LogP contribution in [0.3, 0.4) is 0 Å². The molecule has 0 saturated carbocycles. The van der Waals surface area contributed by atoms with Crippen LogP contribution in [0, 0.1) is 13.8 Å². The van der Waals surface area contributed by atoms with Crippen LogP contribution in [0.2, 0.25) is 0 Å². The maximum atomic E-state index is 12.7. The van der Waals surface area contributed by atoms with Gasteiger partial charge in [0.1, 0.15) is 5.76 Å². The Kier molecular flexibility index (Phi) is 6.10. The number of aryl methyl sites for hydroxylation is 2. The number of aromatic nitrogens is 2. The summed E-state index contributed by atoms with van der Waals surface area (Å²) < 4.78 is 22.7. The predicted molar refractivity (Wildman–Crippen MR) is 108 cm³/mol. The molecular formula is C21H23N3O6. The Bertz CT molecular complexity index is 1080. The van der Waals surface area contributed by atoms with Crippen LogP contribution < -0.4 is 14.8 Å². The van der Waals surface area contributed by atoms with E-state index >= 15 is 0 Å². The third-order valence-electron chi connectivity index (χ3n) is 4.47. The van der Waals surface area contributed by atoms with Gasteiger partial charge in [0.2, 0.25) is 0 Å². The van der Waals surface area contributed by atoms with Crippen LogP contribution in [-0.2, 0) is 11.3 Å². The number of carbonyl (C=O) groups is 2. The molecule has 1 aromatic carbocycles. The first-order chi connectivity index (χ1) is 14.4. The third-order valence-corrected chi connectivity index (χ3v) is 4.47. The smallest absolute Gasteiger partial charge is 0.340 e. The van der Waals surface area contributed by atoms with Gasteiger partial charge in [-0.3, -0.25) is 9.48 Å². The molecule has 1 N–H and O–H groups in total. The van der Waals surface area contributed by atoms with Gasteiger partial charge >= 0.3 is 5.97 Å². The molecule has 0 atom stereocenters. The van der Waals surface area contributed by atoms with Crippen LogP contribution in [0.5, 0.6) is 11.5 Å². The SMILES string of the molecule is COC(=O)c1cc(OC)c(OC)cc1NC(=O)c1ccc(Cn2nc(C)cc2C)o1. The molecule has 0 unspecified atom stereocenters. The zero-order chi connectivity index (χ0) is 21.8. The first kappa shape index (κ1) is 21.0. The number of esters is 1. The third kappa shape index (κ3) is 4.29. The van der Waals surface area contributed by atoms with E-state index in [9.17, 15) is 9.59 Å². The Morgan fingerprint density at radius 1 is 1.07 bits per heavy atom. The minimum absolute atomic E-state index is 0.0946. The van der Waals surface area contributed by atoms with Crippen LogP contribution in [0.25, 0.3) is 0 Å². The van der Waals surface area contributed by atoms with Crippen LogP contribution in [0.1, 0.15) is 38.1 Å². The highest BCUT2D eigenvalue weighted by molar-refractivity contribution is 6.07. The van der Waals surface area contributed by atoms with Crippen molar-refractivity contribution in [3.05, 3.63) is 58.8 Å². The van der Waals surface area contributed by atoms with Gasteiger partial charge in [-0.25, -0.2) is 4.79 Å². The zero-order valence-electron chi connectivity index (χ0n) is 17.4. The summed E-state index contributed by atoms with van der Waals surface area (Å²) in [7, 11) is 4.16. The number of hydrogen-bond donors (Lipinski definition) is 1. The molecule has 158 valence electrons. The van der Waals surface area contributed by atoms with Gasteiger partial charge in [-0.05, 0) is 32.0 Å². The van der Waals surface area contributed by atoms with Crippen LogP contribution in [-0.4, -0.2) is 43.0 Å². The lowest BCUT2D eigenvalue weighted by Crippen LogP contribution is -2.15. The molecule has 0 aliphatic carbocycles. The molecule has 3 aromatic rings. The molecular weight excluding hydrogens is 390 g/mol. The number of amides is 1. The Morgan fingerprint density at radius 2 is 1.77 bits per heavy atom. The summed E-state index contributed by atoms with van der Waals surface area (Å²) in [5.41, 5.74) is 2.22. The average Bonchev–Trinajstić information content (AvgIpc) is 3.33. The number of methoxy groups -OCH3 is 3. The fraction of sp³-hybridized carbons (Fsp3) is 0.286. The van der Waals surface area contributed by atoms with Crippen LogP contribution in [0.15, 0.2) is 34.7 Å². The molecule has 0 fully saturated rings. The van der Waals surface area contributed by atoms with E-state index in [4.69, 9.17) is 18.6 Å². The molecule has 9 nitrogen and oxygen atoms in total. The van der Waals surface area contributed by atoms with Crippen LogP contribution in [0.4, 0.5) is 5.69 Å².